The molecule has 1 aromatic heterocycles. The summed E-state index contributed by atoms with van der Waals surface area (Å²) >= 11 is 6.63. The molecule has 4 rings (SSSR count). The Bertz CT molecular complexity index is 1120. The van der Waals surface area contributed by atoms with Gasteiger partial charge in [0.15, 0.2) is 5.11 Å². The Hall–Kier alpha value is -3.19. The van der Waals surface area contributed by atoms with E-state index < -0.39 is 18.3 Å². The molecule has 1 atom stereocenters. The number of anilines is 1. The van der Waals surface area contributed by atoms with E-state index in [0.717, 1.165) is 10.4 Å². The van der Waals surface area contributed by atoms with Crippen LogP contribution in [0.15, 0.2) is 29.6 Å². The molecular formula is C20H17F3N4O4S2. The molecule has 174 valence electrons. The fourth-order valence-corrected chi connectivity index (χ4v) is 4.79. The van der Waals surface area contributed by atoms with Crippen LogP contribution in [0, 0.1) is 0 Å². The van der Waals surface area contributed by atoms with Gasteiger partial charge in [0.2, 0.25) is 11.8 Å². The zero-order valence-electron chi connectivity index (χ0n) is 16.8. The molecule has 3 heterocycles. The molecule has 2 aliphatic heterocycles. The lowest BCUT2D eigenvalue weighted by atomic mass is 10.0. The van der Waals surface area contributed by atoms with Crippen molar-refractivity contribution < 1.29 is 32.3 Å². The Labute approximate surface area is 195 Å². The summed E-state index contributed by atoms with van der Waals surface area (Å²) < 4.78 is 40.6. The van der Waals surface area contributed by atoms with Crippen LogP contribution in [0.5, 0.6) is 5.75 Å². The van der Waals surface area contributed by atoms with Gasteiger partial charge in [0.05, 0.1) is 12.1 Å². The molecule has 13 heteroatoms. The number of thiocarbonyl (C=S) groups is 1. The lowest BCUT2D eigenvalue weighted by Crippen LogP contribution is -2.52. The summed E-state index contributed by atoms with van der Waals surface area (Å²) in [6.45, 7) is 0.583. The van der Waals surface area contributed by atoms with Crippen LogP contribution in [-0.4, -0.2) is 40.1 Å². The number of fused-ring (bicyclic) bond motifs is 1. The lowest BCUT2D eigenvalue weighted by molar-refractivity contribution is -0.274. The number of rotatable bonds is 5. The number of thiophene rings is 1. The molecular weight excluding hydrogens is 481 g/mol. The van der Waals surface area contributed by atoms with Gasteiger partial charge >= 0.3 is 6.36 Å². The van der Waals surface area contributed by atoms with E-state index in [0.29, 0.717) is 24.2 Å². The number of amides is 3. The van der Waals surface area contributed by atoms with Crippen LogP contribution >= 0.6 is 23.6 Å². The van der Waals surface area contributed by atoms with Crippen molar-refractivity contribution in [2.75, 3.05) is 5.32 Å². The fraction of sp³-hybridized carbons (Fsp3) is 0.300. The Balaban J connectivity index is 1.33. The standard InChI is InChI=1S/C20H17F3N4O4S2/c21-20(22,23)31-11-3-1-10(2-4-11)25-19(32)24-7-15-12-8-27(18(30)13(12)9-33-15)14-5-6-16(28)26-17(14)29/h1-4,9,14H,5-8H2,(H2,24,25,32)(H,26,28,29). The summed E-state index contributed by atoms with van der Waals surface area (Å²) in [6.07, 6.45) is -4.29. The van der Waals surface area contributed by atoms with Gasteiger partial charge in [-0.15, -0.1) is 24.5 Å². The van der Waals surface area contributed by atoms with Gasteiger partial charge < -0.3 is 20.3 Å². The molecule has 8 nitrogen and oxygen atoms in total. The first kappa shape index (κ1) is 23.0. The highest BCUT2D eigenvalue weighted by Gasteiger charge is 2.40. The van der Waals surface area contributed by atoms with Crippen molar-refractivity contribution in [2.45, 2.75) is 38.3 Å². The second-order valence-corrected chi connectivity index (χ2v) is 8.70. The van der Waals surface area contributed by atoms with E-state index in [1.165, 1.54) is 40.5 Å². The monoisotopic (exact) mass is 498 g/mol. The van der Waals surface area contributed by atoms with Gasteiger partial charge in [-0.05, 0) is 48.5 Å². The number of imide groups is 1. The SMILES string of the molecule is O=C1CCC(N2Cc3c(csc3CNC(=S)Nc3ccc(OC(F)(F)F)cc3)C2=O)C(=O)N1. The van der Waals surface area contributed by atoms with Crippen molar-refractivity contribution in [2.24, 2.45) is 0 Å². The van der Waals surface area contributed by atoms with Crippen molar-refractivity contribution in [3.8, 4) is 5.75 Å². The number of hydrogen-bond donors (Lipinski definition) is 3. The first-order chi connectivity index (χ1) is 15.6. The van der Waals surface area contributed by atoms with E-state index in [9.17, 15) is 27.6 Å². The first-order valence-electron chi connectivity index (χ1n) is 9.75. The molecule has 0 spiro atoms. The maximum absolute atomic E-state index is 12.8. The Morgan fingerprint density at radius 2 is 1.97 bits per heavy atom. The number of carbonyl (C=O) groups is 3. The highest BCUT2D eigenvalue weighted by molar-refractivity contribution is 7.80. The molecule has 2 aromatic rings. The second-order valence-electron chi connectivity index (χ2n) is 7.33. The van der Waals surface area contributed by atoms with Crippen molar-refractivity contribution >= 4 is 52.1 Å². The average Bonchev–Trinajstić information content (AvgIpc) is 3.27. The number of nitrogens with zero attached hydrogens (tertiary/aromatic N) is 1. The summed E-state index contributed by atoms with van der Waals surface area (Å²) in [5, 5.41) is 10.1. The van der Waals surface area contributed by atoms with Gasteiger partial charge in [-0.25, -0.2) is 0 Å². The third kappa shape index (κ3) is 5.25. The first-order valence-corrected chi connectivity index (χ1v) is 11.0. The topological polar surface area (TPSA) is 99.8 Å². The smallest absolute Gasteiger partial charge is 0.406 e. The normalized spacial score (nSPS) is 18.1. The Morgan fingerprint density at radius 3 is 2.64 bits per heavy atom. The van der Waals surface area contributed by atoms with E-state index in [1.54, 1.807) is 5.38 Å². The van der Waals surface area contributed by atoms with Crippen LogP contribution in [0.3, 0.4) is 0 Å². The van der Waals surface area contributed by atoms with Crippen LogP contribution in [0.4, 0.5) is 18.9 Å². The molecule has 3 amide bonds. The number of halogens is 3. The van der Waals surface area contributed by atoms with Crippen LogP contribution in [0.2, 0.25) is 0 Å². The van der Waals surface area contributed by atoms with Crippen molar-refractivity contribution in [3.05, 3.63) is 45.6 Å². The average molecular weight is 499 g/mol. The summed E-state index contributed by atoms with van der Waals surface area (Å²) in [7, 11) is 0. The lowest BCUT2D eigenvalue weighted by Gasteiger charge is -2.29. The minimum absolute atomic E-state index is 0.185. The van der Waals surface area contributed by atoms with Crippen LogP contribution in [0.1, 0.15) is 33.6 Å². The highest BCUT2D eigenvalue weighted by Crippen LogP contribution is 2.33. The number of piperidine rings is 1. The van der Waals surface area contributed by atoms with Gasteiger partial charge in [-0.2, -0.15) is 0 Å². The molecule has 1 saturated heterocycles. The third-order valence-corrected chi connectivity index (χ3v) is 6.42. The molecule has 0 bridgehead atoms. The molecule has 1 fully saturated rings. The molecule has 1 unspecified atom stereocenters. The predicted octanol–water partition coefficient (Wildman–Crippen LogP) is 2.89. The van der Waals surface area contributed by atoms with E-state index in [-0.39, 0.29) is 35.6 Å². The maximum Gasteiger partial charge on any atom is 0.573 e. The van der Waals surface area contributed by atoms with Crippen molar-refractivity contribution in [3.63, 3.8) is 0 Å². The van der Waals surface area contributed by atoms with Gasteiger partial charge in [-0.3, -0.25) is 19.7 Å². The van der Waals surface area contributed by atoms with Gasteiger partial charge in [0.1, 0.15) is 11.8 Å². The Kier molecular flexibility index (Phi) is 6.26. The predicted molar refractivity (Wildman–Crippen MR) is 117 cm³/mol. The van der Waals surface area contributed by atoms with Gasteiger partial charge in [0, 0.05) is 28.9 Å². The molecule has 1 aromatic carbocycles. The molecule has 0 saturated carbocycles. The molecule has 3 N–H and O–H groups in total. The van der Waals surface area contributed by atoms with Crippen LogP contribution in [0.25, 0.3) is 0 Å². The number of ether oxygens (including phenoxy) is 1. The van der Waals surface area contributed by atoms with Gasteiger partial charge in [0.25, 0.3) is 5.91 Å². The van der Waals surface area contributed by atoms with E-state index in [1.807, 2.05) is 0 Å². The third-order valence-electron chi connectivity index (χ3n) is 5.14. The minimum Gasteiger partial charge on any atom is -0.406 e. The van der Waals surface area contributed by atoms with Crippen molar-refractivity contribution in [1.29, 1.82) is 0 Å². The number of hydrogen-bond acceptors (Lipinski definition) is 6. The van der Waals surface area contributed by atoms with Crippen molar-refractivity contribution in [1.82, 2.24) is 15.5 Å². The zero-order chi connectivity index (χ0) is 23.8. The number of carbonyl (C=O) groups excluding carboxylic acids is 3. The van der Waals surface area contributed by atoms with E-state index in [2.05, 4.69) is 20.7 Å². The Morgan fingerprint density at radius 1 is 1.24 bits per heavy atom. The van der Waals surface area contributed by atoms with Crippen LogP contribution < -0.4 is 20.7 Å². The highest BCUT2D eigenvalue weighted by atomic mass is 32.1. The molecule has 33 heavy (non-hydrogen) atoms. The molecule has 2 aliphatic rings. The summed E-state index contributed by atoms with van der Waals surface area (Å²) in [5.41, 5.74) is 1.80. The summed E-state index contributed by atoms with van der Waals surface area (Å²) in [4.78, 5) is 38.6. The summed E-state index contributed by atoms with van der Waals surface area (Å²) in [6, 6.07) is 4.45. The second kappa shape index (κ2) is 8.98. The zero-order valence-corrected chi connectivity index (χ0v) is 18.5. The minimum atomic E-state index is -4.76. The summed E-state index contributed by atoms with van der Waals surface area (Å²) in [5.74, 6) is -1.40. The van der Waals surface area contributed by atoms with E-state index >= 15 is 0 Å². The number of benzene rings is 1. The number of nitrogens with one attached hydrogen (secondary N) is 3. The fourth-order valence-electron chi connectivity index (χ4n) is 3.63. The van der Waals surface area contributed by atoms with Crippen LogP contribution in [-0.2, 0) is 22.7 Å². The molecule has 0 radical (unpaired) electrons. The maximum atomic E-state index is 12.8. The quantitative estimate of drug-likeness (QED) is 0.431. The van der Waals surface area contributed by atoms with Gasteiger partial charge in [-0.1, -0.05) is 0 Å². The largest absolute Gasteiger partial charge is 0.573 e. The molecule has 0 aliphatic carbocycles. The van der Waals surface area contributed by atoms with E-state index in [4.69, 9.17) is 12.2 Å². The number of alkyl halides is 3.